The quantitative estimate of drug-likeness (QED) is 0.127. The van der Waals surface area contributed by atoms with Gasteiger partial charge in [0.2, 0.25) is 5.95 Å². The molecule has 0 atom stereocenters. The van der Waals surface area contributed by atoms with Gasteiger partial charge >= 0.3 is 6.18 Å². The first-order valence-electron chi connectivity index (χ1n) is 14.3. The van der Waals surface area contributed by atoms with Crippen LogP contribution in [0.2, 0.25) is 0 Å². The summed E-state index contributed by atoms with van der Waals surface area (Å²) in [5.74, 6) is -0.218. The predicted octanol–water partition coefficient (Wildman–Crippen LogP) is 8.70. The fourth-order valence-electron chi connectivity index (χ4n) is 4.67. The first-order chi connectivity index (χ1) is 21.4. The average molecular weight is 627 g/mol. The number of hydrogen-bond donors (Lipinski definition) is 3. The maximum Gasteiger partial charge on any atom is 0.386 e. The number of aryl methyl sites for hydroxylation is 1. The van der Waals surface area contributed by atoms with Gasteiger partial charge in [0, 0.05) is 56.4 Å². The van der Waals surface area contributed by atoms with Crippen molar-refractivity contribution in [2.75, 3.05) is 33.9 Å². The van der Waals surface area contributed by atoms with Gasteiger partial charge in [-0.25, -0.2) is 13.8 Å². The highest BCUT2D eigenvalue weighted by Crippen LogP contribution is 2.34. The number of anilines is 6. The van der Waals surface area contributed by atoms with Gasteiger partial charge in [0.25, 0.3) is 0 Å². The van der Waals surface area contributed by atoms with Crippen molar-refractivity contribution in [3.05, 3.63) is 91.6 Å². The summed E-state index contributed by atoms with van der Waals surface area (Å²) in [6.07, 6.45) is 7.01. The third-order valence-electron chi connectivity index (χ3n) is 6.73. The van der Waals surface area contributed by atoms with Crippen LogP contribution in [0.3, 0.4) is 0 Å². The highest BCUT2D eigenvalue weighted by molar-refractivity contribution is 5.80. The van der Waals surface area contributed by atoms with Crippen molar-refractivity contribution in [1.29, 1.82) is 0 Å². The summed E-state index contributed by atoms with van der Waals surface area (Å²) in [6.45, 7) is 9.40. The van der Waals surface area contributed by atoms with E-state index in [0.717, 1.165) is 38.8 Å². The van der Waals surface area contributed by atoms with Gasteiger partial charge in [-0.3, -0.25) is 4.68 Å². The molecule has 3 heterocycles. The van der Waals surface area contributed by atoms with Crippen LogP contribution >= 0.6 is 0 Å². The molecule has 0 radical (unpaired) electrons. The summed E-state index contributed by atoms with van der Waals surface area (Å²) in [5.41, 5.74) is 3.73. The molecule has 238 valence electrons. The van der Waals surface area contributed by atoms with E-state index < -0.39 is 12.0 Å². The molecule has 2 aromatic carbocycles. The standard InChI is InChI=1S/C30H32F2N8.C2H3F3/c1-4-20(2)35-22-10-11-25(31)27(16-22)37-29-24(18-33-30(38-29)36-23-17-34-39(3)19-23)21-9-12-28(26(32)15-21)40-13-7-5-6-8-14-40;1-2(3,4)5/h4,9-12,15-19,35H,1-2,5-8,13-14H2,3H3,(H2,33,36,37,38);1H3. The van der Waals surface area contributed by atoms with E-state index in [9.17, 15) is 17.6 Å². The van der Waals surface area contributed by atoms with E-state index in [2.05, 4.69) is 49.1 Å². The molecule has 0 aliphatic carbocycles. The molecule has 2 aromatic heterocycles. The van der Waals surface area contributed by atoms with Gasteiger partial charge in [-0.05, 0) is 54.8 Å². The van der Waals surface area contributed by atoms with Crippen molar-refractivity contribution in [3.8, 4) is 11.1 Å². The summed E-state index contributed by atoms with van der Waals surface area (Å²) in [4.78, 5) is 11.2. The Morgan fingerprint density at radius 1 is 0.933 bits per heavy atom. The number of nitrogens with one attached hydrogen (secondary N) is 3. The number of allylic oxidation sites excluding steroid dienone is 1. The molecule has 0 amide bonds. The molecule has 3 N–H and O–H groups in total. The third-order valence-corrected chi connectivity index (χ3v) is 6.73. The van der Waals surface area contributed by atoms with Gasteiger partial charge in [-0.15, -0.1) is 0 Å². The smallest absolute Gasteiger partial charge is 0.369 e. The maximum absolute atomic E-state index is 15.4. The molecule has 1 fully saturated rings. The lowest BCUT2D eigenvalue weighted by Gasteiger charge is -2.23. The molecule has 1 saturated heterocycles. The molecule has 1 aliphatic heterocycles. The van der Waals surface area contributed by atoms with Crippen LogP contribution in [0.4, 0.5) is 56.5 Å². The first-order valence-corrected chi connectivity index (χ1v) is 14.3. The van der Waals surface area contributed by atoms with Crippen LogP contribution in [-0.4, -0.2) is 39.0 Å². The number of halogens is 5. The zero-order valence-electron chi connectivity index (χ0n) is 25.1. The third kappa shape index (κ3) is 9.78. The Labute approximate surface area is 258 Å². The molecular weight excluding hydrogens is 591 g/mol. The zero-order chi connectivity index (χ0) is 32.6. The van der Waals surface area contributed by atoms with Gasteiger partial charge in [0.1, 0.15) is 17.5 Å². The Morgan fingerprint density at radius 2 is 1.64 bits per heavy atom. The van der Waals surface area contributed by atoms with Crippen LogP contribution in [0.1, 0.15) is 32.6 Å². The molecule has 13 heteroatoms. The fraction of sp³-hybridized carbons (Fsp3) is 0.281. The van der Waals surface area contributed by atoms with Gasteiger partial charge in [0.15, 0.2) is 0 Å². The number of aromatic nitrogens is 4. The largest absolute Gasteiger partial charge is 0.386 e. The van der Waals surface area contributed by atoms with Crippen molar-refractivity contribution >= 4 is 34.5 Å². The molecule has 0 unspecified atom stereocenters. The summed E-state index contributed by atoms with van der Waals surface area (Å²) in [6, 6.07) is 9.68. The van der Waals surface area contributed by atoms with Crippen molar-refractivity contribution in [1.82, 2.24) is 19.7 Å². The van der Waals surface area contributed by atoms with Crippen LogP contribution in [0.5, 0.6) is 0 Å². The van der Waals surface area contributed by atoms with Crippen molar-refractivity contribution in [3.63, 3.8) is 0 Å². The van der Waals surface area contributed by atoms with E-state index >= 15 is 4.39 Å². The van der Waals surface area contributed by atoms with Crippen molar-refractivity contribution < 1.29 is 22.0 Å². The van der Waals surface area contributed by atoms with E-state index in [4.69, 9.17) is 0 Å². The van der Waals surface area contributed by atoms with Crippen molar-refractivity contribution in [2.24, 2.45) is 7.05 Å². The summed E-state index contributed by atoms with van der Waals surface area (Å²) >= 11 is 0. The molecule has 1 aliphatic rings. The van der Waals surface area contributed by atoms with E-state index in [-0.39, 0.29) is 24.4 Å². The average Bonchev–Trinajstić information content (AvgIpc) is 3.20. The Hall–Kier alpha value is -4.94. The lowest BCUT2D eigenvalue weighted by Crippen LogP contribution is -2.24. The Morgan fingerprint density at radius 3 is 2.27 bits per heavy atom. The topological polar surface area (TPSA) is 82.9 Å². The van der Waals surface area contributed by atoms with Crippen LogP contribution < -0.4 is 20.9 Å². The number of nitrogens with zero attached hydrogens (tertiary/aromatic N) is 5. The monoisotopic (exact) mass is 626 g/mol. The van der Waals surface area contributed by atoms with Crippen molar-refractivity contribution in [2.45, 2.75) is 38.8 Å². The highest BCUT2D eigenvalue weighted by Gasteiger charge is 2.18. The second-order valence-electron chi connectivity index (χ2n) is 10.5. The summed E-state index contributed by atoms with van der Waals surface area (Å²) in [5, 5.41) is 13.4. The van der Waals surface area contributed by atoms with Gasteiger partial charge in [0.05, 0.1) is 23.3 Å². The Bertz CT molecular complexity index is 1620. The van der Waals surface area contributed by atoms with Gasteiger partial charge in [-0.2, -0.15) is 23.3 Å². The van der Waals surface area contributed by atoms with Crippen LogP contribution in [0.25, 0.3) is 11.1 Å². The second kappa shape index (κ2) is 14.7. The summed E-state index contributed by atoms with van der Waals surface area (Å²) in [7, 11) is 1.80. The number of alkyl halides is 3. The normalized spacial score (nSPS) is 13.3. The SMILES string of the molecule is C=CC(=C)Nc1ccc(F)c(Nc2nc(Nc3cnn(C)c3)ncc2-c2ccc(N3CCCCCC3)c(F)c2)c1.CC(F)(F)F. The molecule has 0 spiro atoms. The number of benzene rings is 2. The molecule has 4 aromatic rings. The molecule has 0 saturated carbocycles. The predicted molar refractivity (Wildman–Crippen MR) is 169 cm³/mol. The molecule has 8 nitrogen and oxygen atoms in total. The molecule has 5 rings (SSSR count). The number of rotatable bonds is 9. The maximum atomic E-state index is 15.4. The van der Waals surface area contributed by atoms with E-state index in [1.165, 1.54) is 12.1 Å². The van der Waals surface area contributed by atoms with E-state index in [1.807, 2.05) is 6.07 Å². The second-order valence-corrected chi connectivity index (χ2v) is 10.5. The molecular formula is C32H35F5N8. The fourth-order valence-corrected chi connectivity index (χ4v) is 4.67. The lowest BCUT2D eigenvalue weighted by molar-refractivity contribution is -0.110. The lowest BCUT2D eigenvalue weighted by atomic mass is 10.1. The minimum Gasteiger partial charge on any atom is -0.369 e. The molecule has 45 heavy (non-hydrogen) atoms. The minimum atomic E-state index is -4.00. The highest BCUT2D eigenvalue weighted by atomic mass is 19.4. The molecule has 0 bridgehead atoms. The summed E-state index contributed by atoms with van der Waals surface area (Å²) < 4.78 is 63.1. The van der Waals surface area contributed by atoms with Crippen LogP contribution in [-0.2, 0) is 7.05 Å². The Balaban J connectivity index is 0.000000854. The van der Waals surface area contributed by atoms with Crippen LogP contribution in [0, 0.1) is 11.6 Å². The van der Waals surface area contributed by atoms with Crippen LogP contribution in [0.15, 0.2) is 79.9 Å². The van der Waals surface area contributed by atoms with Gasteiger partial charge in [-0.1, -0.05) is 32.1 Å². The Kier molecular flexibility index (Phi) is 10.8. The zero-order valence-corrected chi connectivity index (χ0v) is 25.1. The number of hydrogen-bond acceptors (Lipinski definition) is 7. The minimum absolute atomic E-state index is 0.177. The first kappa shape index (κ1) is 33.0. The van der Waals surface area contributed by atoms with E-state index in [1.54, 1.807) is 54.6 Å². The van der Waals surface area contributed by atoms with E-state index in [0.29, 0.717) is 39.7 Å². The van der Waals surface area contributed by atoms with Gasteiger partial charge < -0.3 is 20.9 Å².